The molecule has 0 aliphatic rings. The molecule has 3 heterocycles. The zero-order chi connectivity index (χ0) is 29.1. The quantitative estimate of drug-likeness (QED) is 0.230. The van der Waals surface area contributed by atoms with Crippen molar-refractivity contribution in [2.45, 2.75) is 18.5 Å². The number of aromatic nitrogens is 5. The molecule has 0 unspecified atom stereocenters. The van der Waals surface area contributed by atoms with Gasteiger partial charge in [0.1, 0.15) is 29.6 Å². The van der Waals surface area contributed by atoms with Crippen LogP contribution in [0.2, 0.25) is 5.15 Å². The molecule has 1 N–H and O–H groups in total. The van der Waals surface area contributed by atoms with Crippen molar-refractivity contribution in [3.8, 4) is 34.6 Å². The first-order chi connectivity index (χ1) is 19.8. The third-order valence-electron chi connectivity index (χ3n) is 5.94. The Hall–Kier alpha value is -4.49. The topological polar surface area (TPSA) is 130 Å². The molecule has 0 aliphatic carbocycles. The Bertz CT molecular complexity index is 1810. The average molecular weight is 599 g/mol. The average Bonchev–Trinajstić information content (AvgIpc) is 3.34. The summed E-state index contributed by atoms with van der Waals surface area (Å²) in [4.78, 5) is 18.0. The summed E-state index contributed by atoms with van der Waals surface area (Å²) in [6, 6.07) is 15.7. The second-order valence-electron chi connectivity index (χ2n) is 8.47. The van der Waals surface area contributed by atoms with Crippen LogP contribution in [-0.2, 0) is 16.7 Å². The van der Waals surface area contributed by atoms with E-state index in [1.54, 1.807) is 41.0 Å². The fourth-order valence-electron chi connectivity index (χ4n) is 4.09. The number of methoxy groups -OCH3 is 2. The van der Waals surface area contributed by atoms with Crippen LogP contribution in [0.4, 0.5) is 10.2 Å². The number of pyridine rings is 1. The fourth-order valence-corrected chi connectivity index (χ4v) is 5.32. The van der Waals surface area contributed by atoms with Gasteiger partial charge in [-0.25, -0.2) is 32.7 Å². The van der Waals surface area contributed by atoms with Crippen LogP contribution in [0.1, 0.15) is 12.5 Å². The molecule has 0 amide bonds. The van der Waals surface area contributed by atoms with E-state index in [1.807, 2.05) is 6.92 Å². The predicted molar refractivity (Wildman–Crippen MR) is 151 cm³/mol. The molecule has 14 heteroatoms. The van der Waals surface area contributed by atoms with Crippen molar-refractivity contribution in [3.63, 3.8) is 0 Å². The summed E-state index contributed by atoms with van der Waals surface area (Å²) in [5.74, 6) is 1.26. The van der Waals surface area contributed by atoms with Gasteiger partial charge in [-0.05, 0) is 42.8 Å². The molecule has 0 radical (unpaired) electrons. The molecule has 0 aliphatic heterocycles. The maximum absolute atomic E-state index is 13.2. The van der Waals surface area contributed by atoms with Crippen LogP contribution < -0.4 is 18.9 Å². The molecule has 0 saturated heterocycles. The van der Waals surface area contributed by atoms with Crippen LogP contribution in [0, 0.1) is 0 Å². The summed E-state index contributed by atoms with van der Waals surface area (Å²) in [6.07, 6.45) is 0. The van der Waals surface area contributed by atoms with Crippen LogP contribution in [0.25, 0.3) is 28.5 Å². The van der Waals surface area contributed by atoms with Gasteiger partial charge in [-0.15, -0.1) is 0 Å². The van der Waals surface area contributed by atoms with Crippen LogP contribution in [0.3, 0.4) is 0 Å². The van der Waals surface area contributed by atoms with E-state index in [4.69, 9.17) is 25.8 Å². The van der Waals surface area contributed by atoms with Crippen LogP contribution in [-0.4, -0.2) is 53.7 Å². The molecule has 0 saturated carbocycles. The molecule has 5 rings (SSSR count). The van der Waals surface area contributed by atoms with Gasteiger partial charge >= 0.3 is 0 Å². The lowest BCUT2D eigenvalue weighted by molar-refractivity contribution is 0.327. The number of para-hydroxylation sites is 1. The first-order valence-corrected chi connectivity index (χ1v) is 14.1. The molecule has 212 valence electrons. The van der Waals surface area contributed by atoms with Gasteiger partial charge < -0.3 is 14.2 Å². The zero-order valence-corrected chi connectivity index (χ0v) is 23.7. The van der Waals surface area contributed by atoms with Crippen molar-refractivity contribution >= 4 is 38.7 Å². The minimum absolute atomic E-state index is 0.106. The lowest BCUT2D eigenvalue weighted by Crippen LogP contribution is -2.15. The number of nitrogens with one attached hydrogen (secondary N) is 1. The van der Waals surface area contributed by atoms with Gasteiger partial charge in [0.25, 0.3) is 10.0 Å². The van der Waals surface area contributed by atoms with Crippen LogP contribution >= 0.6 is 11.6 Å². The summed E-state index contributed by atoms with van der Waals surface area (Å²) in [7, 11) is -1.15. The third-order valence-corrected chi connectivity index (χ3v) is 7.56. The second-order valence-corrected chi connectivity index (χ2v) is 10.5. The Morgan fingerprint density at radius 1 is 0.927 bits per heavy atom. The van der Waals surface area contributed by atoms with Crippen molar-refractivity contribution in [1.29, 1.82) is 0 Å². The maximum Gasteiger partial charge on any atom is 0.263 e. The number of rotatable bonds is 10. The molecular formula is C27H24ClFN6O5S. The highest BCUT2D eigenvalue weighted by Crippen LogP contribution is 2.38. The molecule has 11 nitrogen and oxygen atoms in total. The van der Waals surface area contributed by atoms with Crippen molar-refractivity contribution in [3.05, 3.63) is 71.4 Å². The number of benzene rings is 2. The first kappa shape index (κ1) is 28.1. The molecule has 5 aromatic rings. The number of nitrogens with zero attached hydrogens (tertiary/aromatic N) is 5. The molecule has 0 fully saturated rings. The molecule has 2 aromatic carbocycles. The number of fused-ring (bicyclic) bond motifs is 1. The van der Waals surface area contributed by atoms with E-state index in [9.17, 15) is 12.8 Å². The molecule has 0 bridgehead atoms. The smallest absolute Gasteiger partial charge is 0.263 e. The fraction of sp³-hybridized carbons (Fsp3) is 0.185. The van der Waals surface area contributed by atoms with Crippen molar-refractivity contribution in [1.82, 2.24) is 24.5 Å². The highest BCUT2D eigenvalue weighted by molar-refractivity contribution is 7.92. The van der Waals surface area contributed by atoms with Gasteiger partial charge in [0.05, 0.1) is 25.7 Å². The zero-order valence-electron chi connectivity index (χ0n) is 22.1. The molecular weight excluding hydrogens is 575 g/mol. The second kappa shape index (κ2) is 11.6. The van der Waals surface area contributed by atoms with E-state index in [0.29, 0.717) is 46.8 Å². The van der Waals surface area contributed by atoms with E-state index in [-0.39, 0.29) is 27.2 Å². The maximum atomic E-state index is 13.2. The summed E-state index contributed by atoms with van der Waals surface area (Å²) in [6.45, 7) is 1.53. The van der Waals surface area contributed by atoms with Gasteiger partial charge in [0.15, 0.2) is 28.1 Å². The minimum atomic E-state index is -4.16. The van der Waals surface area contributed by atoms with E-state index in [2.05, 4.69) is 24.7 Å². The Morgan fingerprint density at radius 2 is 1.61 bits per heavy atom. The third kappa shape index (κ3) is 5.45. The number of sulfonamides is 1. The number of halogens is 2. The number of hydrogen-bond acceptors (Lipinski definition) is 9. The Kier molecular flexibility index (Phi) is 7.90. The normalized spacial score (nSPS) is 11.4. The number of ether oxygens (including phenoxy) is 3. The number of imidazole rings is 1. The van der Waals surface area contributed by atoms with Gasteiger partial charge in [-0.1, -0.05) is 35.9 Å². The van der Waals surface area contributed by atoms with Gasteiger partial charge in [0, 0.05) is 6.07 Å². The highest BCUT2D eigenvalue weighted by Gasteiger charge is 2.26. The molecule has 0 atom stereocenters. The Balaban J connectivity index is 1.74. The first-order valence-electron chi connectivity index (χ1n) is 12.2. The Labute approximate surface area is 240 Å². The van der Waals surface area contributed by atoms with Crippen molar-refractivity contribution in [2.75, 3.05) is 25.5 Å². The molecule has 41 heavy (non-hydrogen) atoms. The van der Waals surface area contributed by atoms with Crippen LogP contribution in [0.5, 0.6) is 17.4 Å². The standard InChI is InChI=1S/C27H24ClFN6O5S/c1-4-40-21-10-5-7-18(30-21)26-33-25-27(35(26)22-19(38-2)8-6-9-20(22)39-3)32-24(23(28)31-25)34-41(36,37)17-13-11-16(15-29)12-14-17/h5-14H,4,15H2,1-3H3,(H,32,34). The summed E-state index contributed by atoms with van der Waals surface area (Å²) in [5.41, 5.74) is 1.42. The van der Waals surface area contributed by atoms with Gasteiger partial charge in [-0.2, -0.15) is 0 Å². The number of hydrogen-bond donors (Lipinski definition) is 1. The Morgan fingerprint density at radius 3 is 2.24 bits per heavy atom. The lowest BCUT2D eigenvalue weighted by atomic mass is 10.2. The largest absolute Gasteiger partial charge is 0.494 e. The van der Waals surface area contributed by atoms with E-state index in [0.717, 1.165) is 0 Å². The van der Waals surface area contributed by atoms with Gasteiger partial charge in [0.2, 0.25) is 5.88 Å². The monoisotopic (exact) mass is 598 g/mol. The predicted octanol–water partition coefficient (Wildman–Crippen LogP) is 5.22. The summed E-state index contributed by atoms with van der Waals surface area (Å²) < 4.78 is 60.1. The minimum Gasteiger partial charge on any atom is -0.494 e. The van der Waals surface area contributed by atoms with Crippen molar-refractivity contribution < 1.29 is 27.0 Å². The van der Waals surface area contributed by atoms with Crippen molar-refractivity contribution in [2.24, 2.45) is 0 Å². The summed E-state index contributed by atoms with van der Waals surface area (Å²) in [5, 5.41) is -0.235. The molecule has 3 aromatic heterocycles. The van der Waals surface area contributed by atoms with E-state index >= 15 is 0 Å². The van der Waals surface area contributed by atoms with E-state index in [1.165, 1.54) is 38.5 Å². The highest BCUT2D eigenvalue weighted by atomic mass is 35.5. The molecule has 0 spiro atoms. The van der Waals surface area contributed by atoms with Crippen LogP contribution in [0.15, 0.2) is 65.6 Å². The lowest BCUT2D eigenvalue weighted by Gasteiger charge is -2.16. The van der Waals surface area contributed by atoms with E-state index < -0.39 is 16.7 Å². The number of anilines is 1. The summed E-state index contributed by atoms with van der Waals surface area (Å²) >= 11 is 6.40. The SMILES string of the molecule is CCOc1cccc(-c2nc3nc(Cl)c(NS(=O)(=O)c4ccc(CF)cc4)nc3n2-c2c(OC)cccc2OC)n1. The number of alkyl halides is 1. The van der Waals surface area contributed by atoms with Gasteiger partial charge in [-0.3, -0.25) is 9.29 Å².